The van der Waals surface area contributed by atoms with Gasteiger partial charge < -0.3 is 9.84 Å². The highest BCUT2D eigenvalue weighted by molar-refractivity contribution is 8.00. The van der Waals surface area contributed by atoms with E-state index in [-0.39, 0.29) is 28.4 Å². The van der Waals surface area contributed by atoms with E-state index in [0.717, 1.165) is 22.6 Å². The zero-order valence-electron chi connectivity index (χ0n) is 21.0. The number of aliphatic hydroxyl groups excluding tert-OH is 1. The molecule has 1 amide bonds. The molecule has 0 unspecified atom stereocenters. The van der Waals surface area contributed by atoms with Crippen molar-refractivity contribution in [2.75, 3.05) is 4.90 Å². The Balaban J connectivity index is 1.39. The monoisotopic (exact) mass is 593 g/mol. The number of rotatable bonds is 6. The van der Waals surface area contributed by atoms with Crippen LogP contribution in [0.5, 0.6) is 5.75 Å². The summed E-state index contributed by atoms with van der Waals surface area (Å²) in [5, 5.41) is 20.4. The number of Topliss-reactive ketones (excluding diaryl/α,β-unsaturated/α-hetero) is 1. The third kappa shape index (κ3) is 4.87. The van der Waals surface area contributed by atoms with Crippen molar-refractivity contribution in [3.8, 4) is 5.75 Å². The lowest BCUT2D eigenvalue weighted by atomic mass is 9.94. The molecule has 1 fully saturated rings. The van der Waals surface area contributed by atoms with Crippen LogP contribution in [0.1, 0.15) is 35.2 Å². The second-order valence-corrected chi connectivity index (χ2v) is 12.0. The van der Waals surface area contributed by atoms with E-state index in [1.165, 1.54) is 22.7 Å². The topological polar surface area (TPSA) is 92.6 Å². The number of nitrogens with zero attached hydrogens (tertiary/aromatic N) is 3. The zero-order chi connectivity index (χ0) is 28.0. The van der Waals surface area contributed by atoms with Crippen molar-refractivity contribution >= 4 is 57.3 Å². The van der Waals surface area contributed by atoms with Gasteiger partial charge in [-0.1, -0.05) is 65.0 Å². The van der Waals surface area contributed by atoms with E-state index in [0.29, 0.717) is 38.2 Å². The molecule has 0 aliphatic carbocycles. The molecule has 202 valence electrons. The number of hydrogen-bond acceptors (Lipinski definition) is 8. The minimum atomic E-state index is -0.987. The van der Waals surface area contributed by atoms with Crippen molar-refractivity contribution in [3.63, 3.8) is 0 Å². The average molecular weight is 594 g/mol. The Kier molecular flexibility index (Phi) is 7.07. The molecule has 4 aromatic rings. The number of fused-ring (bicyclic) bond motifs is 1. The molecule has 0 saturated carbocycles. The Morgan fingerprint density at radius 3 is 2.77 bits per heavy atom. The van der Waals surface area contributed by atoms with Crippen molar-refractivity contribution in [1.29, 1.82) is 0 Å². The van der Waals surface area contributed by atoms with E-state index in [4.69, 9.17) is 16.3 Å². The van der Waals surface area contributed by atoms with Gasteiger partial charge in [-0.2, -0.15) is 0 Å². The molecule has 3 aromatic carbocycles. The fraction of sp³-hybridized carbons (Fsp3) is 0.172. The number of ether oxygens (including phenoxy) is 1. The van der Waals surface area contributed by atoms with Crippen LogP contribution >= 0.6 is 34.7 Å². The first-order chi connectivity index (χ1) is 19.3. The number of halogens is 2. The van der Waals surface area contributed by atoms with Gasteiger partial charge in [0.05, 0.1) is 11.6 Å². The number of ketones is 1. The molecule has 2 atom stereocenters. The summed E-state index contributed by atoms with van der Waals surface area (Å²) in [6, 6.07) is 17.4. The highest BCUT2D eigenvalue weighted by Gasteiger charge is 2.48. The number of anilines is 1. The molecule has 7 nitrogen and oxygen atoms in total. The summed E-state index contributed by atoms with van der Waals surface area (Å²) < 4.78 is 20.3. The molecule has 6 rings (SSSR count). The van der Waals surface area contributed by atoms with Gasteiger partial charge in [-0.15, -0.1) is 10.2 Å². The third-order valence-electron chi connectivity index (χ3n) is 6.69. The number of hydrogen-bond donors (Lipinski definition) is 1. The van der Waals surface area contributed by atoms with E-state index in [2.05, 4.69) is 10.2 Å². The molecule has 1 N–H and O–H groups in total. The van der Waals surface area contributed by atoms with E-state index in [9.17, 15) is 19.1 Å². The molecule has 2 aliphatic heterocycles. The lowest BCUT2D eigenvalue weighted by Crippen LogP contribution is -2.29. The number of thioether (sulfide) groups is 1. The van der Waals surface area contributed by atoms with Crippen molar-refractivity contribution in [3.05, 3.63) is 105 Å². The lowest BCUT2D eigenvalue weighted by molar-refractivity contribution is -0.132. The van der Waals surface area contributed by atoms with Gasteiger partial charge in [0.1, 0.15) is 23.4 Å². The quantitative estimate of drug-likeness (QED) is 0.0888. The highest BCUT2D eigenvalue weighted by atomic mass is 35.5. The van der Waals surface area contributed by atoms with Crippen LogP contribution in [0.2, 0.25) is 5.02 Å². The molecule has 3 heterocycles. The minimum Gasteiger partial charge on any atom is -0.507 e. The first-order valence-electron chi connectivity index (χ1n) is 12.4. The number of aliphatic hydroxyl groups is 1. The fourth-order valence-electron chi connectivity index (χ4n) is 4.86. The Morgan fingerprint density at radius 2 is 1.98 bits per heavy atom. The summed E-state index contributed by atoms with van der Waals surface area (Å²) in [5.41, 5.74) is 2.28. The van der Waals surface area contributed by atoms with Crippen LogP contribution in [0, 0.1) is 5.82 Å². The average Bonchev–Trinajstić information content (AvgIpc) is 3.63. The Bertz CT molecular complexity index is 1690. The predicted octanol–water partition coefficient (Wildman–Crippen LogP) is 6.57. The first-order valence-corrected chi connectivity index (χ1v) is 14.5. The second kappa shape index (κ2) is 10.7. The van der Waals surface area contributed by atoms with E-state index >= 15 is 0 Å². The molecule has 0 radical (unpaired) electrons. The maximum absolute atomic E-state index is 14.1. The van der Waals surface area contributed by atoms with Crippen molar-refractivity contribution in [2.24, 2.45) is 0 Å². The molecule has 1 aromatic heterocycles. The van der Waals surface area contributed by atoms with Crippen LogP contribution in [0.15, 0.2) is 76.6 Å². The first kappa shape index (κ1) is 26.5. The Labute approximate surface area is 242 Å². The Morgan fingerprint density at radius 1 is 1.15 bits per heavy atom. The number of carbonyl (C=O) groups excluding carboxylic acids is 2. The largest absolute Gasteiger partial charge is 0.507 e. The van der Waals surface area contributed by atoms with Crippen LogP contribution in [-0.2, 0) is 21.8 Å². The van der Waals surface area contributed by atoms with Crippen molar-refractivity contribution in [1.82, 2.24) is 10.2 Å². The maximum atomic E-state index is 14.1. The number of aromatic nitrogens is 2. The zero-order valence-corrected chi connectivity index (χ0v) is 23.4. The predicted molar refractivity (Wildman–Crippen MR) is 152 cm³/mol. The van der Waals surface area contributed by atoms with Crippen LogP contribution in [0.4, 0.5) is 9.52 Å². The lowest BCUT2D eigenvalue weighted by Gasteiger charge is -2.22. The van der Waals surface area contributed by atoms with Gasteiger partial charge in [0.15, 0.2) is 4.34 Å². The number of amides is 1. The van der Waals surface area contributed by atoms with Crippen molar-refractivity contribution in [2.45, 2.75) is 35.6 Å². The minimum absolute atomic E-state index is 0.00675. The molecule has 11 heteroatoms. The van der Waals surface area contributed by atoms with Gasteiger partial charge >= 0.3 is 5.91 Å². The summed E-state index contributed by atoms with van der Waals surface area (Å²) in [4.78, 5) is 28.1. The summed E-state index contributed by atoms with van der Waals surface area (Å²) >= 11 is 8.67. The third-order valence-corrected chi connectivity index (χ3v) is 9.03. The summed E-state index contributed by atoms with van der Waals surface area (Å²) in [7, 11) is 0. The van der Waals surface area contributed by atoms with Gasteiger partial charge in [0, 0.05) is 22.8 Å². The van der Waals surface area contributed by atoms with E-state index in [1.807, 2.05) is 6.92 Å². The van der Waals surface area contributed by atoms with Crippen molar-refractivity contribution < 1.29 is 23.8 Å². The van der Waals surface area contributed by atoms with Gasteiger partial charge in [-0.25, -0.2) is 4.39 Å². The summed E-state index contributed by atoms with van der Waals surface area (Å²) in [5.74, 6) is -1.26. The molecular formula is C29H21ClFN3O4S2. The summed E-state index contributed by atoms with van der Waals surface area (Å²) in [6.45, 7) is 1.95. The SMILES string of the molecule is C[C@H]1Cc2cc(/C(O)=C3\C(=O)C(=O)N(c4nnc(SCc5ccccc5F)s4)[C@@H]3c3cccc(Cl)c3)ccc2O1. The van der Waals surface area contributed by atoms with Crippen LogP contribution in [0.25, 0.3) is 5.76 Å². The molecule has 0 spiro atoms. The molecule has 40 heavy (non-hydrogen) atoms. The second-order valence-electron chi connectivity index (χ2n) is 9.41. The normalized spacial score (nSPS) is 19.6. The molecule has 2 aliphatic rings. The van der Waals surface area contributed by atoms with E-state index < -0.39 is 17.7 Å². The standard InChI is InChI=1S/C29H21ClFN3O4S2/c1-15-11-19-12-17(9-10-22(19)38-15)25(35)23-24(16-6-4-7-20(30)13-16)34(27(37)26(23)36)28-32-33-29(40-28)39-14-18-5-2-3-8-21(18)31/h2-10,12-13,15,24,35H,11,14H2,1H3/b25-23+/t15-,24+/m0/s1. The van der Waals surface area contributed by atoms with Gasteiger partial charge in [-0.05, 0) is 60.0 Å². The number of carbonyl (C=O) groups is 2. The molecular weight excluding hydrogens is 573 g/mol. The Hall–Kier alpha value is -3.73. The van der Waals surface area contributed by atoms with Gasteiger partial charge in [0.25, 0.3) is 5.78 Å². The maximum Gasteiger partial charge on any atom is 0.301 e. The highest BCUT2D eigenvalue weighted by Crippen LogP contribution is 2.45. The van der Waals surface area contributed by atoms with Crippen LogP contribution in [-0.4, -0.2) is 33.1 Å². The number of benzene rings is 3. The van der Waals surface area contributed by atoms with Crippen LogP contribution in [0.3, 0.4) is 0 Å². The molecule has 0 bridgehead atoms. The fourth-order valence-corrected chi connectivity index (χ4v) is 6.91. The van der Waals surface area contributed by atoms with Crippen LogP contribution < -0.4 is 9.64 Å². The van der Waals surface area contributed by atoms with E-state index in [1.54, 1.807) is 60.7 Å². The molecule has 1 saturated heterocycles. The summed E-state index contributed by atoms with van der Waals surface area (Å²) in [6.07, 6.45) is 0.674. The van der Waals surface area contributed by atoms with Gasteiger partial charge in [-0.3, -0.25) is 14.5 Å². The van der Waals surface area contributed by atoms with Gasteiger partial charge in [0.2, 0.25) is 5.13 Å². The smallest absolute Gasteiger partial charge is 0.301 e.